The van der Waals surface area contributed by atoms with Crippen molar-refractivity contribution in [1.29, 1.82) is 0 Å². The summed E-state index contributed by atoms with van der Waals surface area (Å²) in [7, 11) is 0. The molecule has 1 aromatic carbocycles. The van der Waals surface area contributed by atoms with Gasteiger partial charge in [-0.1, -0.05) is 18.2 Å². The van der Waals surface area contributed by atoms with Gasteiger partial charge in [-0.05, 0) is 44.9 Å². The predicted octanol–water partition coefficient (Wildman–Crippen LogP) is 3.20. The van der Waals surface area contributed by atoms with Crippen LogP contribution < -0.4 is 5.32 Å². The number of hydrogen-bond acceptors (Lipinski definition) is 5. The number of nitrogens with zero attached hydrogens (tertiary/aromatic N) is 3. The van der Waals surface area contributed by atoms with Crippen molar-refractivity contribution >= 4 is 11.6 Å². The Morgan fingerprint density at radius 3 is 2.57 bits per heavy atom. The highest BCUT2D eigenvalue weighted by Gasteiger charge is 2.20. The minimum Gasteiger partial charge on any atom is -0.351 e. The van der Waals surface area contributed by atoms with Crippen LogP contribution in [0.2, 0.25) is 0 Å². The topological polar surface area (TPSA) is 77.8 Å². The number of aromatic nitrogens is 3. The summed E-state index contributed by atoms with van der Waals surface area (Å²) in [4.78, 5) is 17.3. The molecule has 0 bridgehead atoms. The molecule has 8 heteroatoms. The molecule has 0 atom stereocenters. The van der Waals surface area contributed by atoms with Crippen molar-refractivity contribution < 1.29 is 18.7 Å². The van der Waals surface area contributed by atoms with E-state index in [2.05, 4.69) is 15.4 Å². The fourth-order valence-electron chi connectivity index (χ4n) is 3.37. The summed E-state index contributed by atoms with van der Waals surface area (Å²) >= 11 is 0. The SMILES string of the molecule is CCOC(CNC(=O)c1cnn2c(C)c(Cc3ccccc3F)c(C)nc12)OCC. The van der Waals surface area contributed by atoms with Gasteiger partial charge in [-0.2, -0.15) is 5.10 Å². The van der Waals surface area contributed by atoms with E-state index < -0.39 is 6.29 Å². The number of carbonyl (C=O) groups is 1. The van der Waals surface area contributed by atoms with E-state index >= 15 is 0 Å². The van der Waals surface area contributed by atoms with Gasteiger partial charge in [-0.3, -0.25) is 4.79 Å². The van der Waals surface area contributed by atoms with Gasteiger partial charge in [-0.25, -0.2) is 13.9 Å². The number of fused-ring (bicyclic) bond motifs is 1. The highest BCUT2D eigenvalue weighted by molar-refractivity contribution is 5.99. The van der Waals surface area contributed by atoms with Gasteiger partial charge in [0.05, 0.1) is 12.7 Å². The first kappa shape index (κ1) is 21.9. The number of benzene rings is 1. The van der Waals surface area contributed by atoms with Crippen molar-refractivity contribution in [2.75, 3.05) is 19.8 Å². The Kier molecular flexibility index (Phi) is 7.12. The molecule has 0 spiro atoms. The van der Waals surface area contributed by atoms with Crippen molar-refractivity contribution in [3.8, 4) is 0 Å². The smallest absolute Gasteiger partial charge is 0.256 e. The number of nitrogens with one attached hydrogen (secondary N) is 1. The zero-order chi connectivity index (χ0) is 21.7. The lowest BCUT2D eigenvalue weighted by Gasteiger charge is -2.17. The number of hydrogen-bond donors (Lipinski definition) is 1. The van der Waals surface area contributed by atoms with Gasteiger partial charge < -0.3 is 14.8 Å². The molecule has 3 aromatic rings. The monoisotopic (exact) mass is 414 g/mol. The van der Waals surface area contributed by atoms with Crippen LogP contribution in [0, 0.1) is 19.7 Å². The fourth-order valence-corrected chi connectivity index (χ4v) is 3.37. The maximum absolute atomic E-state index is 14.1. The quantitative estimate of drug-likeness (QED) is 0.544. The van der Waals surface area contributed by atoms with E-state index in [-0.39, 0.29) is 18.3 Å². The van der Waals surface area contributed by atoms with Crippen molar-refractivity contribution in [3.05, 3.63) is 64.4 Å². The van der Waals surface area contributed by atoms with E-state index in [0.717, 1.165) is 17.0 Å². The van der Waals surface area contributed by atoms with Gasteiger partial charge in [0.2, 0.25) is 0 Å². The van der Waals surface area contributed by atoms with Crippen LogP contribution >= 0.6 is 0 Å². The molecule has 2 heterocycles. The summed E-state index contributed by atoms with van der Waals surface area (Å²) < 4.78 is 26.6. The summed E-state index contributed by atoms with van der Waals surface area (Å²) in [5.41, 5.74) is 3.86. The van der Waals surface area contributed by atoms with Crippen LogP contribution in [0.4, 0.5) is 4.39 Å². The van der Waals surface area contributed by atoms with E-state index in [0.29, 0.717) is 36.4 Å². The molecule has 0 aliphatic heterocycles. The van der Waals surface area contributed by atoms with Gasteiger partial charge >= 0.3 is 0 Å². The van der Waals surface area contributed by atoms with E-state index in [4.69, 9.17) is 9.47 Å². The molecule has 2 aromatic heterocycles. The maximum Gasteiger partial charge on any atom is 0.256 e. The maximum atomic E-state index is 14.1. The third-order valence-electron chi connectivity index (χ3n) is 4.91. The lowest BCUT2D eigenvalue weighted by Crippen LogP contribution is -2.35. The number of ether oxygens (including phenoxy) is 2. The second-order valence-electron chi connectivity index (χ2n) is 6.87. The van der Waals surface area contributed by atoms with E-state index in [1.54, 1.807) is 16.6 Å². The zero-order valence-corrected chi connectivity index (χ0v) is 17.7. The molecule has 3 rings (SSSR count). The Bertz CT molecular complexity index is 1030. The van der Waals surface area contributed by atoms with Crippen LogP contribution in [0.5, 0.6) is 0 Å². The molecule has 1 amide bonds. The van der Waals surface area contributed by atoms with Crippen LogP contribution in [0.1, 0.15) is 46.7 Å². The van der Waals surface area contributed by atoms with Gasteiger partial charge in [0.1, 0.15) is 11.4 Å². The summed E-state index contributed by atoms with van der Waals surface area (Å²) in [6, 6.07) is 6.68. The summed E-state index contributed by atoms with van der Waals surface area (Å²) in [5, 5.41) is 7.16. The Labute approximate surface area is 175 Å². The third-order valence-corrected chi connectivity index (χ3v) is 4.91. The second-order valence-corrected chi connectivity index (χ2v) is 6.87. The first-order chi connectivity index (χ1) is 14.5. The highest BCUT2D eigenvalue weighted by atomic mass is 19.1. The molecule has 0 aliphatic carbocycles. The molecule has 0 saturated heterocycles. The summed E-state index contributed by atoms with van der Waals surface area (Å²) in [6.45, 7) is 8.69. The first-order valence-corrected chi connectivity index (χ1v) is 10.0. The fraction of sp³-hybridized carbons (Fsp3) is 0.409. The van der Waals surface area contributed by atoms with Crippen LogP contribution in [-0.2, 0) is 15.9 Å². The predicted molar refractivity (Wildman–Crippen MR) is 111 cm³/mol. The number of amides is 1. The van der Waals surface area contributed by atoms with Gasteiger partial charge in [0, 0.05) is 31.0 Å². The molecule has 0 unspecified atom stereocenters. The first-order valence-electron chi connectivity index (χ1n) is 10.0. The lowest BCUT2D eigenvalue weighted by molar-refractivity contribution is -0.131. The normalized spacial score (nSPS) is 11.4. The molecule has 0 radical (unpaired) electrons. The van der Waals surface area contributed by atoms with E-state index in [1.807, 2.05) is 33.8 Å². The molecule has 160 valence electrons. The van der Waals surface area contributed by atoms with Crippen molar-refractivity contribution in [1.82, 2.24) is 19.9 Å². The molecule has 0 saturated carbocycles. The Hall–Kier alpha value is -2.84. The van der Waals surface area contributed by atoms with Crippen LogP contribution in [0.15, 0.2) is 30.5 Å². The largest absolute Gasteiger partial charge is 0.351 e. The average molecular weight is 414 g/mol. The number of aryl methyl sites for hydroxylation is 2. The van der Waals surface area contributed by atoms with Gasteiger partial charge in [0.25, 0.3) is 5.91 Å². The summed E-state index contributed by atoms with van der Waals surface area (Å²) in [5.74, 6) is -0.558. The molecule has 7 nitrogen and oxygen atoms in total. The third kappa shape index (κ3) is 4.66. The summed E-state index contributed by atoms with van der Waals surface area (Å²) in [6.07, 6.45) is 1.39. The Morgan fingerprint density at radius 2 is 1.90 bits per heavy atom. The van der Waals surface area contributed by atoms with Crippen LogP contribution in [0.3, 0.4) is 0 Å². The van der Waals surface area contributed by atoms with Crippen molar-refractivity contribution in [2.24, 2.45) is 0 Å². The lowest BCUT2D eigenvalue weighted by atomic mass is 10.0. The van der Waals surface area contributed by atoms with Crippen LogP contribution in [0.25, 0.3) is 5.65 Å². The van der Waals surface area contributed by atoms with Gasteiger partial charge in [-0.15, -0.1) is 0 Å². The Balaban J connectivity index is 1.85. The molecule has 0 aliphatic rings. The number of halogens is 1. The minimum atomic E-state index is -0.505. The standard InChI is InChI=1S/C22H27FN4O3/c1-5-29-20(30-6-2)13-24-22(28)18-12-25-27-15(4)17(14(3)26-21(18)27)11-16-9-7-8-10-19(16)23/h7-10,12,20H,5-6,11,13H2,1-4H3,(H,24,28). The average Bonchev–Trinajstić information content (AvgIpc) is 3.14. The van der Waals surface area contributed by atoms with Gasteiger partial charge in [0.15, 0.2) is 11.9 Å². The molecule has 1 N–H and O–H groups in total. The zero-order valence-electron chi connectivity index (χ0n) is 17.7. The minimum absolute atomic E-state index is 0.223. The van der Waals surface area contributed by atoms with E-state index in [9.17, 15) is 9.18 Å². The second kappa shape index (κ2) is 9.77. The molecular formula is C22H27FN4O3. The highest BCUT2D eigenvalue weighted by Crippen LogP contribution is 2.21. The van der Waals surface area contributed by atoms with Crippen LogP contribution in [-0.4, -0.2) is 46.6 Å². The van der Waals surface area contributed by atoms with E-state index in [1.165, 1.54) is 12.3 Å². The van der Waals surface area contributed by atoms with Crippen molar-refractivity contribution in [2.45, 2.75) is 40.4 Å². The molecule has 0 fully saturated rings. The number of rotatable bonds is 9. The Morgan fingerprint density at radius 1 is 1.20 bits per heavy atom. The molecule has 30 heavy (non-hydrogen) atoms. The number of carbonyl (C=O) groups excluding carboxylic acids is 1. The van der Waals surface area contributed by atoms with Crippen molar-refractivity contribution in [3.63, 3.8) is 0 Å². The molecular weight excluding hydrogens is 387 g/mol.